The van der Waals surface area contributed by atoms with Gasteiger partial charge in [-0.05, 0) is 25.0 Å². The predicted molar refractivity (Wildman–Crippen MR) is 91.6 cm³/mol. The highest BCUT2D eigenvalue weighted by Gasteiger charge is 2.71. The SMILES string of the molecule is Cc1ccccc1OC(=O)C1C2CC3C(OC(=O)C31)C2OC(=O)C(F)(F)S(=O)(=O)O. The molecule has 0 amide bonds. The Balaban J connectivity index is 1.59. The minimum absolute atomic E-state index is 0.171. The van der Waals surface area contributed by atoms with Gasteiger partial charge in [0.1, 0.15) is 18.0 Å². The topological polar surface area (TPSA) is 133 Å². The van der Waals surface area contributed by atoms with Crippen molar-refractivity contribution in [2.75, 3.05) is 0 Å². The van der Waals surface area contributed by atoms with E-state index in [0.29, 0.717) is 5.56 Å². The summed E-state index contributed by atoms with van der Waals surface area (Å²) in [4.78, 5) is 36.8. The van der Waals surface area contributed by atoms with Gasteiger partial charge in [0.05, 0.1) is 11.8 Å². The normalized spacial score (nSPS) is 32.1. The van der Waals surface area contributed by atoms with Crippen molar-refractivity contribution in [3.05, 3.63) is 29.8 Å². The van der Waals surface area contributed by atoms with Crippen molar-refractivity contribution in [3.63, 3.8) is 0 Å². The minimum Gasteiger partial charge on any atom is -0.458 e. The number of halogens is 2. The summed E-state index contributed by atoms with van der Waals surface area (Å²) in [5, 5.41) is -5.20. The average molecular weight is 446 g/mol. The standard InChI is InChI=1S/C18H16F2O9S/c1-7-4-2-3-5-10(7)27-15(21)11-9-6-8-12(11)16(22)28-13(8)14(9)29-17(23)18(19,20)30(24,25)26/h2-5,8-9,11-14H,6H2,1H3,(H,24,25,26). The first-order chi connectivity index (χ1) is 13.9. The molecule has 6 atom stereocenters. The zero-order valence-electron chi connectivity index (χ0n) is 15.4. The van der Waals surface area contributed by atoms with E-state index in [4.69, 9.17) is 14.0 Å². The molecule has 12 heteroatoms. The van der Waals surface area contributed by atoms with Crippen molar-refractivity contribution in [2.45, 2.75) is 30.8 Å². The van der Waals surface area contributed by atoms with Gasteiger partial charge in [-0.2, -0.15) is 17.2 Å². The molecular weight excluding hydrogens is 430 g/mol. The second-order valence-electron chi connectivity index (χ2n) is 7.56. The molecule has 0 spiro atoms. The van der Waals surface area contributed by atoms with E-state index in [1.54, 1.807) is 31.2 Å². The molecule has 2 saturated carbocycles. The molecule has 30 heavy (non-hydrogen) atoms. The van der Waals surface area contributed by atoms with Gasteiger partial charge in [-0.1, -0.05) is 18.2 Å². The summed E-state index contributed by atoms with van der Waals surface area (Å²) in [5.41, 5.74) is 0.650. The van der Waals surface area contributed by atoms with Crippen LogP contribution < -0.4 is 4.74 Å². The summed E-state index contributed by atoms with van der Waals surface area (Å²) in [6.07, 6.45) is -2.37. The molecule has 0 aromatic heterocycles. The van der Waals surface area contributed by atoms with Crippen LogP contribution in [0.15, 0.2) is 24.3 Å². The zero-order chi connectivity index (χ0) is 22.0. The minimum atomic E-state index is -6.06. The first kappa shape index (κ1) is 20.7. The summed E-state index contributed by atoms with van der Waals surface area (Å²) in [6, 6.07) is 6.61. The van der Waals surface area contributed by atoms with Gasteiger partial charge in [0.15, 0.2) is 0 Å². The van der Waals surface area contributed by atoms with Crippen LogP contribution in [-0.4, -0.2) is 48.3 Å². The zero-order valence-corrected chi connectivity index (χ0v) is 16.2. The third kappa shape index (κ3) is 2.97. The monoisotopic (exact) mass is 446 g/mol. The number of esters is 3. The van der Waals surface area contributed by atoms with Gasteiger partial charge in [-0.15, -0.1) is 0 Å². The highest BCUT2D eigenvalue weighted by Crippen LogP contribution is 2.59. The molecule has 1 aliphatic heterocycles. The van der Waals surface area contributed by atoms with E-state index >= 15 is 0 Å². The lowest BCUT2D eigenvalue weighted by atomic mass is 9.78. The van der Waals surface area contributed by atoms with Crippen LogP contribution >= 0.6 is 0 Å². The molecule has 3 aliphatic rings. The van der Waals surface area contributed by atoms with Gasteiger partial charge in [0.2, 0.25) is 0 Å². The van der Waals surface area contributed by atoms with Crippen LogP contribution in [0.4, 0.5) is 8.78 Å². The first-order valence-electron chi connectivity index (χ1n) is 8.97. The van der Waals surface area contributed by atoms with Crippen molar-refractivity contribution in [2.24, 2.45) is 23.7 Å². The Morgan fingerprint density at radius 1 is 1.23 bits per heavy atom. The molecule has 1 aromatic rings. The van der Waals surface area contributed by atoms with Crippen LogP contribution in [0.5, 0.6) is 5.75 Å². The first-order valence-corrected chi connectivity index (χ1v) is 10.4. The summed E-state index contributed by atoms with van der Waals surface area (Å²) in [7, 11) is -6.06. The second-order valence-corrected chi connectivity index (χ2v) is 9.03. The Hall–Kier alpha value is -2.60. The van der Waals surface area contributed by atoms with Gasteiger partial charge in [0.25, 0.3) is 0 Å². The lowest BCUT2D eigenvalue weighted by Gasteiger charge is -2.30. The highest BCUT2D eigenvalue weighted by atomic mass is 32.2. The fraction of sp³-hybridized carbons (Fsp3) is 0.500. The fourth-order valence-corrected chi connectivity index (χ4v) is 4.87. The average Bonchev–Trinajstić information content (AvgIpc) is 3.26. The van der Waals surface area contributed by atoms with E-state index in [2.05, 4.69) is 4.74 Å². The van der Waals surface area contributed by atoms with Crippen LogP contribution in [-0.2, 0) is 34.0 Å². The van der Waals surface area contributed by atoms with Crippen LogP contribution in [0.1, 0.15) is 12.0 Å². The Morgan fingerprint density at radius 3 is 2.53 bits per heavy atom. The number of alkyl halides is 2. The van der Waals surface area contributed by atoms with E-state index < -0.39 is 69.2 Å². The number of aryl methyl sites for hydroxylation is 1. The predicted octanol–water partition coefficient (Wildman–Crippen LogP) is 1.10. The summed E-state index contributed by atoms with van der Waals surface area (Å²) >= 11 is 0. The molecule has 9 nitrogen and oxygen atoms in total. The van der Waals surface area contributed by atoms with E-state index in [9.17, 15) is 31.6 Å². The van der Waals surface area contributed by atoms with Crippen molar-refractivity contribution < 1.29 is 50.3 Å². The number of ether oxygens (including phenoxy) is 3. The smallest absolute Gasteiger partial charge is 0.458 e. The summed E-state index contributed by atoms with van der Waals surface area (Å²) < 4.78 is 72.6. The molecule has 0 radical (unpaired) electrons. The lowest BCUT2D eigenvalue weighted by molar-refractivity contribution is -0.178. The Labute approximate surface area is 169 Å². The van der Waals surface area contributed by atoms with E-state index in [1.165, 1.54) is 0 Å². The largest absolute Gasteiger partial charge is 0.465 e. The molecule has 3 fully saturated rings. The quantitative estimate of drug-likeness (QED) is 0.401. The van der Waals surface area contributed by atoms with Gasteiger partial charge >= 0.3 is 33.3 Å². The highest BCUT2D eigenvalue weighted by molar-refractivity contribution is 7.87. The van der Waals surface area contributed by atoms with Gasteiger partial charge in [-0.25, -0.2) is 4.79 Å². The number of carbonyl (C=O) groups excluding carboxylic acids is 3. The molecule has 1 aromatic carbocycles. The molecule has 2 aliphatic carbocycles. The van der Waals surface area contributed by atoms with Crippen molar-refractivity contribution in [1.29, 1.82) is 0 Å². The number of hydrogen-bond acceptors (Lipinski definition) is 8. The maximum atomic E-state index is 13.6. The van der Waals surface area contributed by atoms with Crippen LogP contribution in [0.3, 0.4) is 0 Å². The molecule has 1 N–H and O–H groups in total. The molecule has 2 bridgehead atoms. The van der Waals surface area contributed by atoms with E-state index in [0.717, 1.165) is 0 Å². The Bertz CT molecular complexity index is 1040. The molecule has 1 heterocycles. The fourth-order valence-electron chi connectivity index (χ4n) is 4.61. The van der Waals surface area contributed by atoms with E-state index in [-0.39, 0.29) is 12.2 Å². The van der Waals surface area contributed by atoms with Crippen LogP contribution in [0.2, 0.25) is 0 Å². The number of para-hydroxylation sites is 1. The molecule has 6 unspecified atom stereocenters. The number of rotatable bonds is 5. The Kier molecular flexibility index (Phi) is 4.62. The maximum absolute atomic E-state index is 13.6. The van der Waals surface area contributed by atoms with Crippen LogP contribution in [0.25, 0.3) is 0 Å². The Morgan fingerprint density at radius 2 is 1.90 bits per heavy atom. The van der Waals surface area contributed by atoms with Crippen molar-refractivity contribution >= 4 is 28.0 Å². The van der Waals surface area contributed by atoms with Crippen molar-refractivity contribution in [3.8, 4) is 5.75 Å². The van der Waals surface area contributed by atoms with Gasteiger partial charge in [-0.3, -0.25) is 14.1 Å². The number of benzene rings is 1. The maximum Gasteiger partial charge on any atom is 0.465 e. The lowest BCUT2D eigenvalue weighted by Crippen LogP contribution is -2.48. The number of hydrogen-bond donors (Lipinski definition) is 1. The van der Waals surface area contributed by atoms with Crippen molar-refractivity contribution in [1.82, 2.24) is 0 Å². The summed E-state index contributed by atoms with van der Waals surface area (Å²) in [6.45, 7) is 1.70. The summed E-state index contributed by atoms with van der Waals surface area (Å²) in [5.74, 6) is -7.22. The number of fused-ring (bicyclic) bond motifs is 1. The molecular formula is C18H16F2O9S. The van der Waals surface area contributed by atoms with E-state index in [1.807, 2.05) is 0 Å². The molecule has 162 valence electrons. The van der Waals surface area contributed by atoms with Gasteiger partial charge in [0, 0.05) is 11.8 Å². The van der Waals surface area contributed by atoms with Crippen LogP contribution in [0, 0.1) is 30.6 Å². The number of carbonyl (C=O) groups is 3. The third-order valence-electron chi connectivity index (χ3n) is 5.93. The third-order valence-corrected chi connectivity index (χ3v) is 6.74. The second kappa shape index (κ2) is 6.71. The van der Waals surface area contributed by atoms with Gasteiger partial charge < -0.3 is 14.2 Å². The molecule has 4 rings (SSSR count). The molecule has 1 saturated heterocycles.